The molecule has 0 saturated carbocycles. The number of alkyl halides is 3. The Balaban J connectivity index is 2.32. The van der Waals surface area contributed by atoms with Crippen molar-refractivity contribution in [3.63, 3.8) is 0 Å². The molecule has 0 saturated heterocycles. The van der Waals surface area contributed by atoms with Crippen molar-refractivity contribution in [2.75, 3.05) is 11.1 Å². The third-order valence-corrected chi connectivity index (χ3v) is 5.11. The summed E-state index contributed by atoms with van der Waals surface area (Å²) in [5.41, 5.74) is 0.220. The largest absolute Gasteiger partial charge is 0.474 e. The van der Waals surface area contributed by atoms with Gasteiger partial charge in [-0.15, -0.1) is 0 Å². The number of carbonyl (C=O) groups excluding carboxylic acids is 1. The number of aldehydes is 1. The van der Waals surface area contributed by atoms with Gasteiger partial charge in [0, 0.05) is 5.56 Å². The zero-order valence-electron chi connectivity index (χ0n) is 18.4. The SMILES string of the molecule is CCC(C)Oc1nc(-c2cc(N)c(F)c(C)c2C(F)(F)F)c(F)c(NCc2ncco2)c1C=O. The van der Waals surface area contributed by atoms with Gasteiger partial charge in [0.05, 0.1) is 35.8 Å². The molecule has 34 heavy (non-hydrogen) atoms. The van der Waals surface area contributed by atoms with Gasteiger partial charge in [-0.05, 0) is 31.9 Å². The van der Waals surface area contributed by atoms with E-state index in [-0.39, 0.29) is 24.3 Å². The maximum Gasteiger partial charge on any atom is 0.417 e. The number of rotatable bonds is 8. The number of benzene rings is 1. The summed E-state index contributed by atoms with van der Waals surface area (Å²) in [6.45, 7) is 4.09. The molecule has 7 nitrogen and oxygen atoms in total. The van der Waals surface area contributed by atoms with Gasteiger partial charge in [-0.1, -0.05) is 6.92 Å². The van der Waals surface area contributed by atoms with Crippen molar-refractivity contribution in [1.82, 2.24) is 9.97 Å². The quantitative estimate of drug-likeness (QED) is 0.246. The average molecular weight is 484 g/mol. The van der Waals surface area contributed by atoms with Crippen LogP contribution in [-0.4, -0.2) is 22.4 Å². The first-order valence-electron chi connectivity index (χ1n) is 10.1. The second-order valence-corrected chi connectivity index (χ2v) is 7.43. The summed E-state index contributed by atoms with van der Waals surface area (Å²) >= 11 is 0. The molecule has 0 aliphatic rings. The lowest BCUT2D eigenvalue weighted by atomic mass is 9.96. The predicted molar refractivity (Wildman–Crippen MR) is 113 cm³/mol. The van der Waals surface area contributed by atoms with Crippen LogP contribution in [0, 0.1) is 18.6 Å². The van der Waals surface area contributed by atoms with E-state index in [4.69, 9.17) is 14.9 Å². The van der Waals surface area contributed by atoms with Crippen LogP contribution in [0.15, 0.2) is 22.9 Å². The fraction of sp³-hybridized carbons (Fsp3) is 0.318. The van der Waals surface area contributed by atoms with Crippen molar-refractivity contribution in [1.29, 1.82) is 0 Å². The molecule has 0 fully saturated rings. The van der Waals surface area contributed by atoms with Gasteiger partial charge in [0.1, 0.15) is 23.3 Å². The molecule has 3 rings (SSSR count). The van der Waals surface area contributed by atoms with Crippen LogP contribution in [0.1, 0.15) is 47.6 Å². The average Bonchev–Trinajstić information content (AvgIpc) is 3.29. The lowest BCUT2D eigenvalue weighted by Crippen LogP contribution is -2.17. The van der Waals surface area contributed by atoms with E-state index in [1.165, 1.54) is 12.5 Å². The van der Waals surface area contributed by atoms with E-state index >= 15 is 4.39 Å². The molecule has 2 heterocycles. The topological polar surface area (TPSA) is 103 Å². The second kappa shape index (κ2) is 9.65. The van der Waals surface area contributed by atoms with Crippen LogP contribution < -0.4 is 15.8 Å². The first-order chi connectivity index (χ1) is 16.0. The first kappa shape index (κ1) is 24.9. The molecule has 3 N–H and O–H groups in total. The number of carbonyl (C=O) groups is 1. The minimum absolute atomic E-state index is 0.122. The molecule has 2 aromatic heterocycles. The van der Waals surface area contributed by atoms with Crippen LogP contribution in [0.4, 0.5) is 33.3 Å². The summed E-state index contributed by atoms with van der Waals surface area (Å²) in [6.07, 6.45) is -2.24. The second-order valence-electron chi connectivity index (χ2n) is 7.43. The van der Waals surface area contributed by atoms with Gasteiger partial charge < -0.3 is 20.2 Å². The number of oxazole rings is 1. The van der Waals surface area contributed by atoms with Crippen LogP contribution in [-0.2, 0) is 12.7 Å². The molecule has 0 aliphatic carbocycles. The molecule has 12 heteroatoms. The monoisotopic (exact) mass is 484 g/mol. The lowest BCUT2D eigenvalue weighted by Gasteiger charge is -2.21. The minimum atomic E-state index is -5.06. The molecule has 1 atom stereocenters. The number of pyridine rings is 1. The van der Waals surface area contributed by atoms with Crippen LogP contribution in [0.5, 0.6) is 5.88 Å². The van der Waals surface area contributed by atoms with E-state index in [2.05, 4.69) is 15.3 Å². The highest BCUT2D eigenvalue weighted by Crippen LogP contribution is 2.44. The molecule has 0 amide bonds. The summed E-state index contributed by atoms with van der Waals surface area (Å²) in [6, 6.07) is 0.655. The number of halogens is 5. The molecule has 0 radical (unpaired) electrons. The Morgan fingerprint density at radius 3 is 2.56 bits per heavy atom. The lowest BCUT2D eigenvalue weighted by molar-refractivity contribution is -0.137. The highest BCUT2D eigenvalue weighted by molar-refractivity contribution is 5.90. The number of nitrogen functional groups attached to an aromatic ring is 1. The van der Waals surface area contributed by atoms with E-state index in [9.17, 15) is 22.4 Å². The van der Waals surface area contributed by atoms with E-state index in [1.54, 1.807) is 13.8 Å². The molecule has 3 aromatic rings. The van der Waals surface area contributed by atoms with Gasteiger partial charge in [-0.2, -0.15) is 13.2 Å². The van der Waals surface area contributed by atoms with Gasteiger partial charge in [-0.3, -0.25) is 4.79 Å². The molecule has 182 valence electrons. The van der Waals surface area contributed by atoms with Gasteiger partial charge in [0.15, 0.2) is 12.1 Å². The zero-order valence-corrected chi connectivity index (χ0v) is 18.4. The number of nitrogens with two attached hydrogens (primary N) is 1. The molecule has 1 aromatic carbocycles. The highest BCUT2D eigenvalue weighted by atomic mass is 19.4. The number of anilines is 2. The van der Waals surface area contributed by atoms with Gasteiger partial charge in [0.25, 0.3) is 0 Å². The van der Waals surface area contributed by atoms with Crippen LogP contribution in [0.3, 0.4) is 0 Å². The Labute approximate surface area is 191 Å². The predicted octanol–water partition coefficient (Wildman–Crippen LogP) is 5.53. The Morgan fingerprint density at radius 1 is 1.29 bits per heavy atom. The van der Waals surface area contributed by atoms with Crippen LogP contribution in [0.25, 0.3) is 11.3 Å². The van der Waals surface area contributed by atoms with E-state index in [0.717, 1.165) is 6.92 Å². The molecular weight excluding hydrogens is 463 g/mol. The minimum Gasteiger partial charge on any atom is -0.474 e. The van der Waals surface area contributed by atoms with Crippen molar-refractivity contribution in [2.24, 2.45) is 0 Å². The van der Waals surface area contributed by atoms with E-state index in [1.807, 2.05) is 0 Å². The fourth-order valence-electron chi connectivity index (χ4n) is 3.25. The Hall–Kier alpha value is -3.70. The third-order valence-electron chi connectivity index (χ3n) is 5.11. The van der Waals surface area contributed by atoms with E-state index in [0.29, 0.717) is 12.5 Å². The van der Waals surface area contributed by atoms with Gasteiger partial charge >= 0.3 is 6.18 Å². The van der Waals surface area contributed by atoms with Crippen molar-refractivity contribution in [3.8, 4) is 17.1 Å². The molecular formula is C22H21F5N4O3. The fourth-order valence-corrected chi connectivity index (χ4v) is 3.25. The maximum atomic E-state index is 15.7. The number of nitrogens with zero attached hydrogens (tertiary/aromatic N) is 2. The summed E-state index contributed by atoms with van der Waals surface area (Å²) in [7, 11) is 0. The molecule has 0 aliphatic heterocycles. The van der Waals surface area contributed by atoms with Crippen molar-refractivity contribution < 1.29 is 35.9 Å². The van der Waals surface area contributed by atoms with Crippen molar-refractivity contribution in [2.45, 2.75) is 46.0 Å². The third kappa shape index (κ3) is 4.80. The highest BCUT2D eigenvalue weighted by Gasteiger charge is 2.39. The Bertz CT molecular complexity index is 1200. The Morgan fingerprint density at radius 2 is 2.00 bits per heavy atom. The molecule has 0 bridgehead atoms. The standard InChI is InChI=1S/C22H21F5N4O3/c1-4-10(2)34-21-13(9-32)19(30-8-15-29-5-6-33-15)18(24)20(31-21)12-7-14(28)17(23)11(3)16(12)22(25,26)27/h5-7,9-10H,4,8,28H2,1-3H3,(H,30,31). The summed E-state index contributed by atoms with van der Waals surface area (Å²) in [5.74, 6) is -2.85. The summed E-state index contributed by atoms with van der Waals surface area (Å²) in [5, 5.41) is 2.61. The molecule has 1 unspecified atom stereocenters. The number of hydrogen-bond donors (Lipinski definition) is 2. The maximum absolute atomic E-state index is 15.7. The van der Waals surface area contributed by atoms with Crippen LogP contribution >= 0.6 is 0 Å². The van der Waals surface area contributed by atoms with Crippen molar-refractivity contribution >= 4 is 17.7 Å². The number of nitrogens with one attached hydrogen (secondary N) is 1. The van der Waals surface area contributed by atoms with Crippen LogP contribution in [0.2, 0.25) is 0 Å². The Kier molecular flexibility index (Phi) is 7.08. The number of ether oxygens (including phenoxy) is 1. The van der Waals surface area contributed by atoms with Gasteiger partial charge in [0.2, 0.25) is 11.8 Å². The summed E-state index contributed by atoms with van der Waals surface area (Å²) in [4.78, 5) is 19.6. The van der Waals surface area contributed by atoms with E-state index < -0.39 is 63.6 Å². The number of hydrogen-bond acceptors (Lipinski definition) is 7. The zero-order chi connectivity index (χ0) is 25.2. The molecule has 0 spiro atoms. The number of aromatic nitrogens is 2. The summed E-state index contributed by atoms with van der Waals surface area (Å²) < 4.78 is 82.3. The smallest absolute Gasteiger partial charge is 0.417 e. The first-order valence-corrected chi connectivity index (χ1v) is 10.1. The van der Waals surface area contributed by atoms with Crippen molar-refractivity contribution in [3.05, 3.63) is 52.7 Å². The normalized spacial score (nSPS) is 12.5. The van der Waals surface area contributed by atoms with Gasteiger partial charge in [-0.25, -0.2) is 18.7 Å².